The van der Waals surface area contributed by atoms with E-state index in [0.717, 1.165) is 18.9 Å². The number of hydrogen-bond donors (Lipinski definition) is 3. The van der Waals surface area contributed by atoms with Gasteiger partial charge in [0.2, 0.25) is 0 Å². The number of benzene rings is 1. The quantitative estimate of drug-likeness (QED) is 0.782. The number of anilines is 1. The number of nitrogens with one attached hydrogen (secondary N) is 2. The maximum atomic E-state index is 13.5. The van der Waals surface area contributed by atoms with E-state index in [1.54, 1.807) is 0 Å². The van der Waals surface area contributed by atoms with E-state index in [1.165, 1.54) is 0 Å². The number of aromatic carboxylic acids is 1. The van der Waals surface area contributed by atoms with E-state index in [-0.39, 0.29) is 5.69 Å². The first-order chi connectivity index (χ1) is 9.88. The Morgan fingerprint density at radius 3 is 2.57 bits per heavy atom. The second kappa shape index (κ2) is 6.07. The molecule has 0 saturated heterocycles. The van der Waals surface area contributed by atoms with E-state index in [9.17, 15) is 18.4 Å². The molecule has 114 valence electrons. The number of carbonyl (C=O) groups excluding carboxylic acids is 1. The van der Waals surface area contributed by atoms with E-state index in [0.29, 0.717) is 24.4 Å². The summed E-state index contributed by atoms with van der Waals surface area (Å²) in [5, 5.41) is 13.5. The van der Waals surface area contributed by atoms with E-state index >= 15 is 0 Å². The lowest BCUT2D eigenvalue weighted by atomic mass is 10.1. The average Bonchev–Trinajstić information content (AvgIpc) is 3.23. The largest absolute Gasteiger partial charge is 0.478 e. The molecule has 2 amide bonds. The smallest absolute Gasteiger partial charge is 0.338 e. The SMILES string of the molecule is CC(CNC(=O)Nc1cc(C(=O)O)c(F)cc1F)C1CC1. The first-order valence-corrected chi connectivity index (χ1v) is 6.65. The number of rotatable bonds is 5. The second-order valence-corrected chi connectivity index (χ2v) is 5.27. The molecule has 0 spiro atoms. The first kappa shape index (κ1) is 15.2. The molecule has 1 aromatic carbocycles. The van der Waals surface area contributed by atoms with Crippen LogP contribution < -0.4 is 10.6 Å². The molecule has 1 unspecified atom stereocenters. The van der Waals surface area contributed by atoms with Gasteiger partial charge < -0.3 is 15.7 Å². The number of urea groups is 1. The third-order valence-corrected chi connectivity index (χ3v) is 3.55. The molecule has 7 heteroatoms. The molecule has 0 radical (unpaired) electrons. The van der Waals surface area contributed by atoms with Crippen LogP contribution in [0.5, 0.6) is 0 Å². The number of carboxylic acids is 1. The third-order valence-electron chi connectivity index (χ3n) is 3.55. The van der Waals surface area contributed by atoms with Crippen LogP contribution in [0.1, 0.15) is 30.1 Å². The summed E-state index contributed by atoms with van der Waals surface area (Å²) < 4.78 is 26.7. The summed E-state index contributed by atoms with van der Waals surface area (Å²) in [7, 11) is 0. The van der Waals surface area contributed by atoms with Crippen LogP contribution in [0.4, 0.5) is 19.3 Å². The van der Waals surface area contributed by atoms with E-state index in [4.69, 9.17) is 5.11 Å². The molecule has 0 bridgehead atoms. The molecule has 1 fully saturated rings. The summed E-state index contributed by atoms with van der Waals surface area (Å²) in [5.41, 5.74) is -1.07. The summed E-state index contributed by atoms with van der Waals surface area (Å²) in [4.78, 5) is 22.4. The molecule has 1 aromatic rings. The topological polar surface area (TPSA) is 78.4 Å². The van der Waals surface area contributed by atoms with Gasteiger partial charge in [-0.25, -0.2) is 18.4 Å². The van der Waals surface area contributed by atoms with Gasteiger partial charge in [-0.05, 0) is 30.7 Å². The minimum absolute atomic E-state index is 0.336. The van der Waals surface area contributed by atoms with Crippen molar-refractivity contribution < 1.29 is 23.5 Å². The van der Waals surface area contributed by atoms with Gasteiger partial charge in [-0.1, -0.05) is 6.92 Å². The van der Waals surface area contributed by atoms with Crippen LogP contribution in [0, 0.1) is 23.5 Å². The van der Waals surface area contributed by atoms with E-state index in [2.05, 4.69) is 10.6 Å². The third kappa shape index (κ3) is 3.90. The summed E-state index contributed by atoms with van der Waals surface area (Å²) in [6.07, 6.45) is 2.30. The molecule has 1 aliphatic rings. The average molecular weight is 298 g/mol. The number of halogens is 2. The lowest BCUT2D eigenvalue weighted by Gasteiger charge is -2.13. The van der Waals surface area contributed by atoms with Crippen molar-refractivity contribution in [2.75, 3.05) is 11.9 Å². The lowest BCUT2D eigenvalue weighted by molar-refractivity contribution is 0.0692. The Morgan fingerprint density at radius 1 is 1.33 bits per heavy atom. The highest BCUT2D eigenvalue weighted by Gasteiger charge is 2.27. The minimum atomic E-state index is -1.53. The molecule has 1 atom stereocenters. The Morgan fingerprint density at radius 2 is 2.00 bits per heavy atom. The molecule has 2 rings (SSSR count). The van der Waals surface area contributed by atoms with Crippen LogP contribution in [-0.2, 0) is 0 Å². The first-order valence-electron chi connectivity index (χ1n) is 6.65. The summed E-state index contributed by atoms with van der Waals surface area (Å²) in [6, 6.07) is 0.548. The Balaban J connectivity index is 1.99. The Labute approximate surface area is 120 Å². The standard InChI is InChI=1S/C14H16F2N2O3/c1-7(8-2-3-8)6-17-14(21)18-12-4-9(13(19)20)10(15)5-11(12)16/h4-5,7-8H,2-3,6H2,1H3,(H,19,20)(H2,17,18,21). The highest BCUT2D eigenvalue weighted by atomic mass is 19.1. The maximum Gasteiger partial charge on any atom is 0.338 e. The fourth-order valence-electron chi connectivity index (χ4n) is 2.06. The van der Waals surface area contributed by atoms with Crippen molar-refractivity contribution in [3.8, 4) is 0 Å². The molecule has 0 heterocycles. The van der Waals surface area contributed by atoms with Crippen molar-refractivity contribution >= 4 is 17.7 Å². The van der Waals surface area contributed by atoms with E-state index in [1.807, 2.05) is 6.92 Å². The van der Waals surface area contributed by atoms with Crippen LogP contribution in [0.25, 0.3) is 0 Å². The summed E-state index contributed by atoms with van der Waals surface area (Å²) >= 11 is 0. The van der Waals surface area contributed by atoms with Gasteiger partial charge in [0.1, 0.15) is 11.6 Å². The van der Waals surface area contributed by atoms with Gasteiger partial charge in [0.25, 0.3) is 0 Å². The van der Waals surface area contributed by atoms with Gasteiger partial charge in [-0.2, -0.15) is 0 Å². The molecule has 21 heavy (non-hydrogen) atoms. The van der Waals surface area contributed by atoms with Crippen molar-refractivity contribution in [2.45, 2.75) is 19.8 Å². The fraction of sp³-hybridized carbons (Fsp3) is 0.429. The molecule has 0 aromatic heterocycles. The minimum Gasteiger partial charge on any atom is -0.478 e. The monoisotopic (exact) mass is 298 g/mol. The number of amides is 2. The molecule has 1 aliphatic carbocycles. The lowest BCUT2D eigenvalue weighted by Crippen LogP contribution is -2.33. The zero-order valence-corrected chi connectivity index (χ0v) is 11.5. The van der Waals surface area contributed by atoms with Crippen molar-refractivity contribution in [3.63, 3.8) is 0 Å². The molecule has 0 aliphatic heterocycles. The zero-order chi connectivity index (χ0) is 15.6. The Bertz CT molecular complexity index is 574. The molecular weight excluding hydrogens is 282 g/mol. The van der Waals surface area contributed by atoms with Gasteiger partial charge in [0.05, 0.1) is 11.3 Å². The number of carboxylic acid groups (broad SMARTS) is 1. The van der Waals surface area contributed by atoms with E-state index < -0.39 is 29.2 Å². The van der Waals surface area contributed by atoms with Gasteiger partial charge in [0, 0.05) is 12.6 Å². The van der Waals surface area contributed by atoms with Crippen molar-refractivity contribution in [1.29, 1.82) is 0 Å². The predicted octanol–water partition coefficient (Wildman–Crippen LogP) is 2.83. The van der Waals surface area contributed by atoms with Crippen molar-refractivity contribution in [2.24, 2.45) is 11.8 Å². The molecule has 3 N–H and O–H groups in total. The second-order valence-electron chi connectivity index (χ2n) is 5.27. The summed E-state index contributed by atoms with van der Waals surface area (Å²) in [5.74, 6) is -2.79. The fourth-order valence-corrected chi connectivity index (χ4v) is 2.06. The predicted molar refractivity (Wildman–Crippen MR) is 72.2 cm³/mol. The van der Waals surface area contributed by atoms with Crippen molar-refractivity contribution in [1.82, 2.24) is 5.32 Å². The van der Waals surface area contributed by atoms with Crippen molar-refractivity contribution in [3.05, 3.63) is 29.3 Å². The highest BCUT2D eigenvalue weighted by Crippen LogP contribution is 2.36. The molecule has 5 nitrogen and oxygen atoms in total. The Kier molecular flexibility index (Phi) is 4.40. The Hall–Kier alpha value is -2.18. The zero-order valence-electron chi connectivity index (χ0n) is 11.5. The van der Waals surface area contributed by atoms with Gasteiger partial charge in [-0.15, -0.1) is 0 Å². The van der Waals surface area contributed by atoms with Crippen LogP contribution in [-0.4, -0.2) is 23.7 Å². The van der Waals surface area contributed by atoms with Gasteiger partial charge >= 0.3 is 12.0 Å². The van der Waals surface area contributed by atoms with Crippen LogP contribution >= 0.6 is 0 Å². The molecule has 1 saturated carbocycles. The van der Waals surface area contributed by atoms with Crippen LogP contribution in [0.15, 0.2) is 12.1 Å². The van der Waals surface area contributed by atoms with Crippen LogP contribution in [0.2, 0.25) is 0 Å². The van der Waals surface area contributed by atoms with Gasteiger partial charge in [-0.3, -0.25) is 0 Å². The molecular formula is C14H16F2N2O3. The normalized spacial score (nSPS) is 15.4. The van der Waals surface area contributed by atoms with Gasteiger partial charge in [0.15, 0.2) is 0 Å². The van der Waals surface area contributed by atoms with Crippen LogP contribution in [0.3, 0.4) is 0 Å². The number of carbonyl (C=O) groups is 2. The highest BCUT2D eigenvalue weighted by molar-refractivity contribution is 5.93. The maximum absolute atomic E-state index is 13.5. The number of hydrogen-bond acceptors (Lipinski definition) is 2. The summed E-state index contributed by atoms with van der Waals surface area (Å²) in [6.45, 7) is 2.46.